The van der Waals surface area contributed by atoms with Crippen LogP contribution in [0.4, 0.5) is 13.2 Å². The van der Waals surface area contributed by atoms with E-state index in [1.54, 1.807) is 30.3 Å². The number of halogens is 3. The van der Waals surface area contributed by atoms with Crippen LogP contribution in [0.3, 0.4) is 0 Å². The van der Waals surface area contributed by atoms with Crippen molar-refractivity contribution in [1.29, 1.82) is 0 Å². The Kier molecular flexibility index (Phi) is 4.66. The molecule has 0 spiro atoms. The fraction of sp³-hybridized carbons (Fsp3) is 0.235. The van der Waals surface area contributed by atoms with Gasteiger partial charge in [-0.05, 0) is 11.6 Å². The second-order valence-corrected chi connectivity index (χ2v) is 5.05. The summed E-state index contributed by atoms with van der Waals surface area (Å²) in [4.78, 5) is 12.3. The first-order valence-electron chi connectivity index (χ1n) is 6.76. The van der Waals surface area contributed by atoms with E-state index < -0.39 is 29.5 Å². The molecule has 2 nitrogen and oxygen atoms in total. The van der Waals surface area contributed by atoms with E-state index in [1.165, 1.54) is 25.1 Å². The molecule has 1 N–H and O–H groups in total. The van der Waals surface area contributed by atoms with Crippen molar-refractivity contribution in [2.75, 3.05) is 0 Å². The second kappa shape index (κ2) is 6.32. The van der Waals surface area contributed by atoms with Gasteiger partial charge in [-0.1, -0.05) is 55.5 Å². The third-order valence-electron chi connectivity index (χ3n) is 3.53. The second-order valence-electron chi connectivity index (χ2n) is 5.05. The summed E-state index contributed by atoms with van der Waals surface area (Å²) in [6, 6.07) is 13.0. The van der Waals surface area contributed by atoms with Crippen LogP contribution >= 0.6 is 0 Å². The smallest absolute Gasteiger partial charge is 0.388 e. The van der Waals surface area contributed by atoms with Crippen molar-refractivity contribution in [3.8, 4) is 0 Å². The van der Waals surface area contributed by atoms with E-state index >= 15 is 0 Å². The number of benzene rings is 2. The average Bonchev–Trinajstić information content (AvgIpc) is 2.52. The first-order valence-corrected chi connectivity index (χ1v) is 6.76. The summed E-state index contributed by atoms with van der Waals surface area (Å²) in [5.41, 5.74) is -0.847. The van der Waals surface area contributed by atoms with Gasteiger partial charge in [-0.2, -0.15) is 13.2 Å². The molecule has 2 aromatic carbocycles. The van der Waals surface area contributed by atoms with Gasteiger partial charge >= 0.3 is 6.18 Å². The molecule has 22 heavy (non-hydrogen) atoms. The third kappa shape index (κ3) is 3.36. The van der Waals surface area contributed by atoms with Gasteiger partial charge in [0, 0.05) is 11.5 Å². The molecule has 0 aliphatic rings. The maximum atomic E-state index is 13.0. The van der Waals surface area contributed by atoms with E-state index in [0.717, 1.165) is 6.07 Å². The molecule has 0 fully saturated rings. The van der Waals surface area contributed by atoms with Crippen LogP contribution in [0.15, 0.2) is 54.6 Å². The highest BCUT2D eigenvalue weighted by Crippen LogP contribution is 2.37. The summed E-state index contributed by atoms with van der Waals surface area (Å²) >= 11 is 0. The molecule has 5 heteroatoms. The fourth-order valence-corrected chi connectivity index (χ4v) is 2.29. The first kappa shape index (κ1) is 16.2. The van der Waals surface area contributed by atoms with E-state index in [0.29, 0.717) is 5.56 Å². The van der Waals surface area contributed by atoms with Gasteiger partial charge in [0.1, 0.15) is 0 Å². The number of carbonyl (C=O) groups excluding carboxylic acids is 1. The highest BCUT2D eigenvalue weighted by Gasteiger charge is 2.36. The van der Waals surface area contributed by atoms with E-state index in [2.05, 4.69) is 0 Å². The number of ketones is 1. The van der Waals surface area contributed by atoms with Crippen molar-refractivity contribution in [3.05, 3.63) is 71.3 Å². The Labute approximate surface area is 126 Å². The molecule has 0 aliphatic carbocycles. The predicted molar refractivity (Wildman–Crippen MR) is 76.3 cm³/mol. The van der Waals surface area contributed by atoms with Crippen LogP contribution in [0, 0.1) is 5.92 Å². The zero-order valence-corrected chi connectivity index (χ0v) is 11.8. The number of hydrogen-bond acceptors (Lipinski definition) is 2. The van der Waals surface area contributed by atoms with Crippen molar-refractivity contribution >= 4 is 5.78 Å². The van der Waals surface area contributed by atoms with Gasteiger partial charge in [-0.15, -0.1) is 0 Å². The van der Waals surface area contributed by atoms with Crippen LogP contribution in [0.1, 0.15) is 34.5 Å². The Morgan fingerprint density at radius 2 is 1.55 bits per heavy atom. The van der Waals surface area contributed by atoms with Crippen LogP contribution < -0.4 is 0 Å². The van der Waals surface area contributed by atoms with Crippen LogP contribution in [-0.4, -0.2) is 10.9 Å². The quantitative estimate of drug-likeness (QED) is 0.857. The molecule has 2 aromatic rings. The molecular weight excluding hydrogens is 293 g/mol. The van der Waals surface area contributed by atoms with Gasteiger partial charge in [0.2, 0.25) is 0 Å². The number of carbonyl (C=O) groups is 1. The molecule has 2 atom stereocenters. The Hall–Kier alpha value is -2.14. The van der Waals surface area contributed by atoms with Crippen LogP contribution in [0.25, 0.3) is 0 Å². The molecule has 2 unspecified atom stereocenters. The molecule has 116 valence electrons. The number of rotatable bonds is 4. The van der Waals surface area contributed by atoms with E-state index in [-0.39, 0.29) is 5.56 Å². The summed E-state index contributed by atoms with van der Waals surface area (Å²) in [7, 11) is 0. The monoisotopic (exact) mass is 308 g/mol. The summed E-state index contributed by atoms with van der Waals surface area (Å²) in [5, 5.41) is 10.2. The third-order valence-corrected chi connectivity index (χ3v) is 3.53. The predicted octanol–water partition coefficient (Wildman–Crippen LogP) is 4.26. The lowest BCUT2D eigenvalue weighted by Gasteiger charge is -2.22. The highest BCUT2D eigenvalue weighted by molar-refractivity contribution is 5.98. The molecule has 0 aliphatic heterocycles. The SMILES string of the molecule is CC(C(=O)c1ccccc1)C(O)c1ccccc1C(F)(F)F. The maximum absolute atomic E-state index is 13.0. The average molecular weight is 308 g/mol. The Morgan fingerprint density at radius 1 is 1.00 bits per heavy atom. The normalized spacial score (nSPS) is 14.4. The van der Waals surface area contributed by atoms with Crippen molar-refractivity contribution < 1.29 is 23.1 Å². The minimum atomic E-state index is -4.58. The van der Waals surface area contributed by atoms with Gasteiger partial charge in [0.15, 0.2) is 5.78 Å². The Balaban J connectivity index is 2.32. The van der Waals surface area contributed by atoms with Crippen LogP contribution in [-0.2, 0) is 6.18 Å². The zero-order chi connectivity index (χ0) is 16.3. The molecule has 0 aromatic heterocycles. The van der Waals surface area contributed by atoms with Crippen molar-refractivity contribution in [1.82, 2.24) is 0 Å². The molecule has 0 saturated heterocycles. The minimum absolute atomic E-state index is 0.285. The Morgan fingerprint density at radius 3 is 2.14 bits per heavy atom. The van der Waals surface area contributed by atoms with Crippen molar-refractivity contribution in [2.24, 2.45) is 5.92 Å². The molecule has 0 radical (unpaired) electrons. The lowest BCUT2D eigenvalue weighted by atomic mass is 9.88. The topological polar surface area (TPSA) is 37.3 Å². The standard InChI is InChI=1S/C17H15F3O2/c1-11(15(21)12-7-3-2-4-8-12)16(22)13-9-5-6-10-14(13)17(18,19)20/h2-11,16,22H,1H3. The van der Waals surface area contributed by atoms with Gasteiger partial charge in [0.05, 0.1) is 11.7 Å². The summed E-state index contributed by atoms with van der Waals surface area (Å²) in [5.74, 6) is -1.38. The minimum Gasteiger partial charge on any atom is -0.388 e. The van der Waals surface area contributed by atoms with Crippen LogP contribution in [0.2, 0.25) is 0 Å². The number of aliphatic hydroxyl groups excluding tert-OH is 1. The van der Waals surface area contributed by atoms with Gasteiger partial charge < -0.3 is 5.11 Å². The summed E-state index contributed by atoms with van der Waals surface area (Å²) < 4.78 is 39.0. The van der Waals surface area contributed by atoms with Gasteiger partial charge in [0.25, 0.3) is 0 Å². The molecule has 0 saturated carbocycles. The largest absolute Gasteiger partial charge is 0.416 e. The molecule has 0 bridgehead atoms. The number of hydrogen-bond donors (Lipinski definition) is 1. The fourth-order valence-electron chi connectivity index (χ4n) is 2.29. The molecular formula is C17H15F3O2. The Bertz CT molecular complexity index is 650. The zero-order valence-electron chi connectivity index (χ0n) is 11.8. The van der Waals surface area contributed by atoms with Crippen LogP contribution in [0.5, 0.6) is 0 Å². The molecule has 2 rings (SSSR count). The highest BCUT2D eigenvalue weighted by atomic mass is 19.4. The van der Waals surface area contributed by atoms with Crippen molar-refractivity contribution in [2.45, 2.75) is 19.2 Å². The molecule has 0 heterocycles. The van der Waals surface area contributed by atoms with E-state index in [4.69, 9.17) is 0 Å². The van der Waals surface area contributed by atoms with E-state index in [9.17, 15) is 23.1 Å². The van der Waals surface area contributed by atoms with Gasteiger partial charge in [-0.25, -0.2) is 0 Å². The maximum Gasteiger partial charge on any atom is 0.416 e. The van der Waals surface area contributed by atoms with Gasteiger partial charge in [-0.3, -0.25) is 4.79 Å². The summed E-state index contributed by atoms with van der Waals surface area (Å²) in [6.07, 6.45) is -6.10. The number of aliphatic hydroxyl groups is 1. The van der Waals surface area contributed by atoms with Crippen molar-refractivity contribution in [3.63, 3.8) is 0 Å². The lowest BCUT2D eigenvalue weighted by molar-refractivity contribution is -0.139. The summed E-state index contributed by atoms with van der Waals surface area (Å²) in [6.45, 7) is 1.42. The first-order chi connectivity index (χ1) is 10.3. The lowest BCUT2D eigenvalue weighted by Crippen LogP contribution is -2.22. The number of Topliss-reactive ketones (excluding diaryl/α,β-unsaturated/α-hetero) is 1. The molecule has 0 amide bonds. The van der Waals surface area contributed by atoms with E-state index in [1.807, 2.05) is 0 Å². The number of alkyl halides is 3.